The summed E-state index contributed by atoms with van der Waals surface area (Å²) in [5.74, 6) is -0.153. The van der Waals surface area contributed by atoms with Gasteiger partial charge in [-0.25, -0.2) is 4.98 Å². The molecule has 2 N–H and O–H groups in total. The van der Waals surface area contributed by atoms with Gasteiger partial charge in [0.05, 0.1) is 23.6 Å². The minimum absolute atomic E-state index is 0.153. The van der Waals surface area contributed by atoms with Crippen LogP contribution in [0.3, 0.4) is 0 Å². The summed E-state index contributed by atoms with van der Waals surface area (Å²) in [6.07, 6.45) is 3.46. The number of benzene rings is 1. The maximum atomic E-state index is 12.4. The fourth-order valence-corrected chi connectivity index (χ4v) is 3.02. The first-order valence-corrected chi connectivity index (χ1v) is 9.16. The number of aromatic nitrogens is 2. The van der Waals surface area contributed by atoms with Crippen molar-refractivity contribution in [3.05, 3.63) is 58.9 Å². The van der Waals surface area contributed by atoms with Crippen molar-refractivity contribution in [3.8, 4) is 11.3 Å². The molecule has 3 rings (SSSR count). The third kappa shape index (κ3) is 4.47. The van der Waals surface area contributed by atoms with Crippen molar-refractivity contribution < 1.29 is 14.6 Å². The van der Waals surface area contributed by atoms with Crippen molar-refractivity contribution >= 4 is 23.2 Å². The van der Waals surface area contributed by atoms with E-state index in [2.05, 4.69) is 10.3 Å². The van der Waals surface area contributed by atoms with E-state index in [-0.39, 0.29) is 12.5 Å². The zero-order chi connectivity index (χ0) is 19.2. The van der Waals surface area contributed by atoms with Crippen LogP contribution in [0.4, 0.5) is 0 Å². The Morgan fingerprint density at radius 3 is 2.70 bits per heavy atom. The normalized spacial score (nSPS) is 11.1. The maximum absolute atomic E-state index is 12.4. The fourth-order valence-electron chi connectivity index (χ4n) is 2.89. The number of nitrogens with zero attached hydrogens (tertiary/aromatic N) is 2. The molecule has 0 atom stereocenters. The Labute approximate surface area is 162 Å². The van der Waals surface area contributed by atoms with Crippen molar-refractivity contribution in [1.82, 2.24) is 14.7 Å². The second-order valence-corrected chi connectivity index (χ2v) is 6.61. The Morgan fingerprint density at radius 2 is 2.00 bits per heavy atom. The van der Waals surface area contributed by atoms with Crippen LogP contribution in [0.15, 0.2) is 42.6 Å². The lowest BCUT2D eigenvalue weighted by Crippen LogP contribution is -2.25. The molecule has 142 valence electrons. The number of imidazole rings is 1. The van der Waals surface area contributed by atoms with Gasteiger partial charge in [0.15, 0.2) is 0 Å². The number of amides is 1. The predicted octanol–water partition coefficient (Wildman–Crippen LogP) is 3.30. The number of fused-ring (bicyclic) bond motifs is 1. The van der Waals surface area contributed by atoms with E-state index in [9.17, 15) is 9.90 Å². The minimum Gasteiger partial charge on any atom is -0.390 e. The van der Waals surface area contributed by atoms with Crippen LogP contribution < -0.4 is 5.32 Å². The van der Waals surface area contributed by atoms with Gasteiger partial charge < -0.3 is 19.6 Å². The third-order valence-corrected chi connectivity index (χ3v) is 4.56. The van der Waals surface area contributed by atoms with Gasteiger partial charge in [0.25, 0.3) is 5.91 Å². The highest BCUT2D eigenvalue weighted by molar-refractivity contribution is 6.30. The Hall–Kier alpha value is -2.41. The number of aliphatic hydroxyl groups excluding tert-OH is 1. The van der Waals surface area contributed by atoms with E-state index in [0.717, 1.165) is 18.4 Å². The highest BCUT2D eigenvalue weighted by atomic mass is 35.5. The molecule has 7 heteroatoms. The van der Waals surface area contributed by atoms with Gasteiger partial charge in [-0.3, -0.25) is 4.79 Å². The lowest BCUT2D eigenvalue weighted by molar-refractivity contribution is 0.0951. The molecular weight excluding hydrogens is 366 g/mol. The molecule has 0 aliphatic heterocycles. The average molecular weight is 388 g/mol. The van der Waals surface area contributed by atoms with Crippen molar-refractivity contribution in [2.75, 3.05) is 20.3 Å². The number of hydrogen-bond acceptors (Lipinski definition) is 4. The standard InChI is InChI=1S/C20H22ClN3O3/c1-27-11-3-2-10-22-20(26)15-6-9-18-23-19(17(13-25)24(18)12-15)14-4-7-16(21)8-5-14/h4-9,12,25H,2-3,10-11,13H2,1H3,(H,22,26). The highest BCUT2D eigenvalue weighted by Crippen LogP contribution is 2.26. The molecule has 0 fully saturated rings. The first-order valence-electron chi connectivity index (χ1n) is 8.79. The quantitative estimate of drug-likeness (QED) is 0.581. The van der Waals surface area contributed by atoms with Gasteiger partial charge in [-0.1, -0.05) is 23.7 Å². The van der Waals surface area contributed by atoms with Gasteiger partial charge in [0, 0.05) is 37.0 Å². The Bertz CT molecular complexity index is 922. The molecular formula is C20H22ClN3O3. The molecule has 1 amide bonds. The number of carbonyl (C=O) groups is 1. The lowest BCUT2D eigenvalue weighted by Gasteiger charge is -2.07. The number of carbonyl (C=O) groups excluding carboxylic acids is 1. The zero-order valence-corrected chi connectivity index (χ0v) is 15.9. The monoisotopic (exact) mass is 387 g/mol. The summed E-state index contributed by atoms with van der Waals surface area (Å²) in [7, 11) is 1.66. The molecule has 2 heterocycles. The van der Waals surface area contributed by atoms with E-state index >= 15 is 0 Å². The highest BCUT2D eigenvalue weighted by Gasteiger charge is 2.15. The summed E-state index contributed by atoms with van der Waals surface area (Å²) >= 11 is 5.95. The number of unbranched alkanes of at least 4 members (excludes halogenated alkanes) is 1. The van der Waals surface area contributed by atoms with E-state index in [1.807, 2.05) is 12.1 Å². The van der Waals surface area contributed by atoms with Crippen molar-refractivity contribution in [2.24, 2.45) is 0 Å². The first-order chi connectivity index (χ1) is 13.1. The Kier molecular flexibility index (Phi) is 6.45. The summed E-state index contributed by atoms with van der Waals surface area (Å²) < 4.78 is 6.75. The number of rotatable bonds is 8. The van der Waals surface area contributed by atoms with Crippen LogP contribution in [0.2, 0.25) is 5.02 Å². The van der Waals surface area contributed by atoms with Gasteiger partial charge in [-0.2, -0.15) is 0 Å². The molecule has 0 saturated carbocycles. The number of ether oxygens (including phenoxy) is 1. The van der Waals surface area contributed by atoms with E-state index < -0.39 is 0 Å². The Morgan fingerprint density at radius 1 is 1.22 bits per heavy atom. The molecule has 27 heavy (non-hydrogen) atoms. The molecule has 2 aromatic heterocycles. The second kappa shape index (κ2) is 8.99. The third-order valence-electron chi connectivity index (χ3n) is 4.31. The summed E-state index contributed by atoms with van der Waals surface area (Å²) in [5, 5.41) is 13.4. The SMILES string of the molecule is COCCCCNC(=O)c1ccc2nc(-c3ccc(Cl)cc3)c(CO)n2c1. The topological polar surface area (TPSA) is 75.9 Å². The number of pyridine rings is 1. The molecule has 0 bridgehead atoms. The average Bonchev–Trinajstić information content (AvgIpc) is 3.06. The van der Waals surface area contributed by atoms with Crippen LogP contribution in [-0.4, -0.2) is 40.7 Å². The summed E-state index contributed by atoms with van der Waals surface area (Å²) in [5.41, 5.74) is 3.34. The molecule has 1 aromatic carbocycles. The van der Waals surface area contributed by atoms with Crippen molar-refractivity contribution in [2.45, 2.75) is 19.4 Å². The number of aliphatic hydroxyl groups is 1. The molecule has 0 saturated heterocycles. The maximum Gasteiger partial charge on any atom is 0.252 e. The zero-order valence-electron chi connectivity index (χ0n) is 15.1. The van der Waals surface area contributed by atoms with Crippen molar-refractivity contribution in [3.63, 3.8) is 0 Å². The van der Waals surface area contributed by atoms with E-state index in [1.165, 1.54) is 0 Å². The summed E-state index contributed by atoms with van der Waals surface area (Å²) in [6.45, 7) is 1.08. The summed E-state index contributed by atoms with van der Waals surface area (Å²) in [4.78, 5) is 17.0. The summed E-state index contributed by atoms with van der Waals surface area (Å²) in [6, 6.07) is 10.8. The second-order valence-electron chi connectivity index (χ2n) is 6.17. The van der Waals surface area contributed by atoms with Gasteiger partial charge in [0.2, 0.25) is 0 Å². The van der Waals surface area contributed by atoms with E-state index in [0.29, 0.717) is 40.8 Å². The van der Waals surface area contributed by atoms with Crippen LogP contribution in [0, 0.1) is 0 Å². The fraction of sp³-hybridized carbons (Fsp3) is 0.300. The van der Waals surface area contributed by atoms with Gasteiger partial charge in [-0.15, -0.1) is 0 Å². The van der Waals surface area contributed by atoms with Gasteiger partial charge >= 0.3 is 0 Å². The van der Waals surface area contributed by atoms with Crippen LogP contribution in [0.25, 0.3) is 16.9 Å². The largest absolute Gasteiger partial charge is 0.390 e. The van der Waals surface area contributed by atoms with Gasteiger partial charge in [0.1, 0.15) is 5.65 Å². The van der Waals surface area contributed by atoms with E-state index in [4.69, 9.17) is 16.3 Å². The number of hydrogen-bond donors (Lipinski definition) is 2. The molecule has 0 aliphatic carbocycles. The molecule has 0 spiro atoms. The molecule has 6 nitrogen and oxygen atoms in total. The van der Waals surface area contributed by atoms with Crippen molar-refractivity contribution in [1.29, 1.82) is 0 Å². The van der Waals surface area contributed by atoms with Crippen LogP contribution in [0.5, 0.6) is 0 Å². The first kappa shape index (κ1) is 19.4. The van der Waals surface area contributed by atoms with Crippen LogP contribution in [0.1, 0.15) is 28.9 Å². The smallest absolute Gasteiger partial charge is 0.252 e. The molecule has 0 radical (unpaired) electrons. The number of nitrogens with one attached hydrogen (secondary N) is 1. The van der Waals surface area contributed by atoms with Crippen LogP contribution in [-0.2, 0) is 11.3 Å². The lowest BCUT2D eigenvalue weighted by atomic mass is 10.1. The van der Waals surface area contributed by atoms with Gasteiger partial charge in [-0.05, 0) is 37.1 Å². The number of halogens is 1. The molecule has 0 unspecified atom stereocenters. The minimum atomic E-state index is -0.193. The molecule has 0 aliphatic rings. The Balaban J connectivity index is 1.84. The molecule has 3 aromatic rings. The van der Waals surface area contributed by atoms with Crippen LogP contribution >= 0.6 is 11.6 Å². The number of methoxy groups -OCH3 is 1. The van der Waals surface area contributed by atoms with E-state index in [1.54, 1.807) is 42.0 Å². The predicted molar refractivity (Wildman–Crippen MR) is 105 cm³/mol.